The largest absolute Gasteiger partial charge is 0.350 e. The summed E-state index contributed by atoms with van der Waals surface area (Å²) < 4.78 is 0. The molecule has 1 saturated carbocycles. The third-order valence-corrected chi connectivity index (χ3v) is 7.09. The van der Waals surface area contributed by atoms with Gasteiger partial charge in [-0.05, 0) is 75.4 Å². The van der Waals surface area contributed by atoms with Gasteiger partial charge in [0.1, 0.15) is 0 Å². The lowest BCUT2D eigenvalue weighted by molar-refractivity contribution is 0.0810. The third-order valence-electron chi connectivity index (χ3n) is 7.09. The lowest BCUT2D eigenvalue weighted by Gasteiger charge is -2.44. The molecule has 4 rings (SSSR count). The molecule has 1 amide bonds. The monoisotopic (exact) mass is 376 g/mol. The fourth-order valence-corrected chi connectivity index (χ4v) is 5.41. The normalized spacial score (nSPS) is 25.1. The van der Waals surface area contributed by atoms with Gasteiger partial charge in [0.15, 0.2) is 0 Å². The molecule has 0 bridgehead atoms. The van der Waals surface area contributed by atoms with Crippen molar-refractivity contribution in [2.24, 2.45) is 0 Å². The number of likely N-dealkylation sites (tertiary alicyclic amines) is 1. The zero-order valence-corrected chi connectivity index (χ0v) is 17.2. The van der Waals surface area contributed by atoms with Crippen molar-refractivity contribution in [2.45, 2.75) is 57.4 Å². The maximum absolute atomic E-state index is 13.0. The van der Waals surface area contributed by atoms with E-state index in [0.29, 0.717) is 5.92 Å². The van der Waals surface area contributed by atoms with Crippen LogP contribution in [0.5, 0.6) is 0 Å². The van der Waals surface area contributed by atoms with E-state index in [9.17, 15) is 4.79 Å². The van der Waals surface area contributed by atoms with Crippen molar-refractivity contribution >= 4 is 5.91 Å². The Kier molecular flexibility index (Phi) is 5.54. The van der Waals surface area contributed by atoms with Crippen molar-refractivity contribution < 1.29 is 4.79 Å². The minimum absolute atomic E-state index is 0.0469. The summed E-state index contributed by atoms with van der Waals surface area (Å²) in [5, 5.41) is 3.35. The molecule has 0 spiro atoms. The molecule has 3 heteroatoms. The first kappa shape index (κ1) is 19.2. The second-order valence-corrected chi connectivity index (χ2v) is 8.58. The number of nitrogens with zero attached hydrogens (tertiary/aromatic N) is 1. The topological polar surface area (TPSA) is 32.3 Å². The van der Waals surface area contributed by atoms with Crippen LogP contribution in [0.15, 0.2) is 48.5 Å². The summed E-state index contributed by atoms with van der Waals surface area (Å²) in [4.78, 5) is 15.7. The first-order valence-electron chi connectivity index (χ1n) is 10.8. The number of hydrogen-bond acceptors (Lipinski definition) is 2. The number of carbonyl (C=O) groups is 1. The van der Waals surface area contributed by atoms with Gasteiger partial charge >= 0.3 is 0 Å². The van der Waals surface area contributed by atoms with Crippen molar-refractivity contribution in [3.63, 3.8) is 0 Å². The van der Waals surface area contributed by atoms with E-state index in [0.717, 1.165) is 30.8 Å². The first-order chi connectivity index (χ1) is 13.6. The Morgan fingerprint density at radius 3 is 2.54 bits per heavy atom. The van der Waals surface area contributed by atoms with Crippen LogP contribution in [0.1, 0.15) is 65.1 Å². The lowest BCUT2D eigenvalue weighted by atomic mass is 9.80. The molecule has 2 unspecified atom stereocenters. The van der Waals surface area contributed by atoms with E-state index < -0.39 is 0 Å². The second-order valence-electron chi connectivity index (χ2n) is 8.58. The van der Waals surface area contributed by atoms with Crippen LogP contribution in [0.2, 0.25) is 0 Å². The number of aryl methyl sites for hydroxylation is 1. The molecule has 148 valence electrons. The summed E-state index contributed by atoms with van der Waals surface area (Å²) in [5.74, 6) is 0.559. The minimum atomic E-state index is 0.0469. The van der Waals surface area contributed by atoms with Gasteiger partial charge in [-0.2, -0.15) is 0 Å². The molecular weight excluding hydrogens is 344 g/mol. The van der Waals surface area contributed by atoms with E-state index in [2.05, 4.69) is 53.5 Å². The van der Waals surface area contributed by atoms with E-state index in [1.165, 1.54) is 43.2 Å². The molecule has 0 aromatic heterocycles. The third kappa shape index (κ3) is 3.48. The molecule has 2 aromatic carbocycles. The maximum Gasteiger partial charge on any atom is 0.251 e. The Balaban J connectivity index is 1.60. The highest BCUT2D eigenvalue weighted by Crippen LogP contribution is 2.47. The molecule has 2 aliphatic rings. The zero-order valence-electron chi connectivity index (χ0n) is 17.2. The van der Waals surface area contributed by atoms with Gasteiger partial charge in [0.25, 0.3) is 5.91 Å². The highest BCUT2D eigenvalue weighted by Gasteiger charge is 2.48. The number of carbonyl (C=O) groups excluding carboxylic acids is 1. The van der Waals surface area contributed by atoms with Gasteiger partial charge in [-0.1, -0.05) is 48.9 Å². The summed E-state index contributed by atoms with van der Waals surface area (Å²) in [5.41, 5.74) is 4.54. The summed E-state index contributed by atoms with van der Waals surface area (Å²) >= 11 is 0. The summed E-state index contributed by atoms with van der Waals surface area (Å²) in [6.45, 7) is 7.16. The van der Waals surface area contributed by atoms with Gasteiger partial charge in [0.2, 0.25) is 0 Å². The van der Waals surface area contributed by atoms with E-state index in [-0.39, 0.29) is 11.4 Å². The maximum atomic E-state index is 13.0. The van der Waals surface area contributed by atoms with E-state index in [4.69, 9.17) is 0 Å². The van der Waals surface area contributed by atoms with Gasteiger partial charge in [-0.3, -0.25) is 9.69 Å². The van der Waals surface area contributed by atoms with Crippen LogP contribution in [0.3, 0.4) is 0 Å². The average Bonchev–Trinajstić information content (AvgIpc) is 3.39. The van der Waals surface area contributed by atoms with Gasteiger partial charge in [0, 0.05) is 23.6 Å². The van der Waals surface area contributed by atoms with Crippen molar-refractivity contribution in [1.82, 2.24) is 10.2 Å². The number of nitrogens with one attached hydrogen (secondary N) is 1. The Hall–Kier alpha value is -2.13. The number of amides is 1. The average molecular weight is 377 g/mol. The molecule has 1 N–H and O–H groups in total. The SMILES string of the molecule is Cc1cccc(C(=O)NCC2(N3CCCC3)CCCC2c2ccccc2)c1C. The van der Waals surface area contributed by atoms with Crippen LogP contribution in [0.25, 0.3) is 0 Å². The van der Waals surface area contributed by atoms with Gasteiger partial charge in [-0.25, -0.2) is 0 Å². The molecule has 2 fully saturated rings. The zero-order chi connectivity index (χ0) is 19.6. The molecule has 2 atom stereocenters. The number of rotatable bonds is 5. The summed E-state index contributed by atoms with van der Waals surface area (Å²) in [6.07, 6.45) is 6.15. The predicted molar refractivity (Wildman–Crippen MR) is 115 cm³/mol. The van der Waals surface area contributed by atoms with Gasteiger partial charge in [0.05, 0.1) is 0 Å². The van der Waals surface area contributed by atoms with Crippen LogP contribution in [0, 0.1) is 13.8 Å². The van der Waals surface area contributed by atoms with Crippen LogP contribution in [-0.2, 0) is 0 Å². The fourth-order valence-electron chi connectivity index (χ4n) is 5.41. The highest BCUT2D eigenvalue weighted by molar-refractivity contribution is 5.96. The molecule has 1 saturated heterocycles. The molecule has 1 aliphatic carbocycles. The number of hydrogen-bond donors (Lipinski definition) is 1. The highest BCUT2D eigenvalue weighted by atomic mass is 16.1. The van der Waals surface area contributed by atoms with Gasteiger partial charge < -0.3 is 5.32 Å². The molecule has 3 nitrogen and oxygen atoms in total. The predicted octanol–water partition coefficient (Wildman–Crippen LogP) is 4.84. The standard InChI is InChI=1S/C25H32N2O/c1-19-10-8-13-22(20(19)2)24(28)26-18-25(27-16-6-7-17-27)15-9-14-23(25)21-11-4-3-5-12-21/h3-5,8,10-13,23H,6-7,9,14-18H2,1-2H3,(H,26,28). The van der Waals surface area contributed by atoms with Crippen LogP contribution < -0.4 is 5.32 Å². The van der Waals surface area contributed by atoms with Crippen molar-refractivity contribution in [3.05, 3.63) is 70.8 Å². The molecular formula is C25H32N2O. The summed E-state index contributed by atoms with van der Waals surface area (Å²) in [6, 6.07) is 16.9. The quantitative estimate of drug-likeness (QED) is 0.810. The molecule has 28 heavy (non-hydrogen) atoms. The second kappa shape index (κ2) is 8.08. The first-order valence-corrected chi connectivity index (χ1v) is 10.8. The van der Waals surface area contributed by atoms with Crippen LogP contribution in [0.4, 0.5) is 0 Å². The van der Waals surface area contributed by atoms with Crippen molar-refractivity contribution in [2.75, 3.05) is 19.6 Å². The smallest absolute Gasteiger partial charge is 0.251 e. The van der Waals surface area contributed by atoms with Gasteiger partial charge in [-0.15, -0.1) is 0 Å². The molecule has 1 heterocycles. The van der Waals surface area contributed by atoms with E-state index >= 15 is 0 Å². The molecule has 1 aliphatic heterocycles. The molecule has 0 radical (unpaired) electrons. The van der Waals surface area contributed by atoms with Crippen molar-refractivity contribution in [1.29, 1.82) is 0 Å². The summed E-state index contributed by atoms with van der Waals surface area (Å²) in [7, 11) is 0. The van der Waals surface area contributed by atoms with Crippen molar-refractivity contribution in [3.8, 4) is 0 Å². The fraction of sp³-hybridized carbons (Fsp3) is 0.480. The van der Waals surface area contributed by atoms with E-state index in [1.807, 2.05) is 19.1 Å². The lowest BCUT2D eigenvalue weighted by Crippen LogP contribution is -2.56. The Labute approximate surface area is 169 Å². The van der Waals surface area contributed by atoms with Crippen LogP contribution >= 0.6 is 0 Å². The van der Waals surface area contributed by atoms with Crippen LogP contribution in [-0.4, -0.2) is 36.0 Å². The Morgan fingerprint density at radius 2 is 1.79 bits per heavy atom. The number of benzene rings is 2. The Bertz CT molecular complexity index is 826. The Morgan fingerprint density at radius 1 is 1.04 bits per heavy atom. The minimum Gasteiger partial charge on any atom is -0.350 e. The van der Waals surface area contributed by atoms with E-state index in [1.54, 1.807) is 0 Å². The molecule has 2 aromatic rings.